The van der Waals surface area contributed by atoms with Crippen LogP contribution in [0, 0.1) is 0 Å². The lowest BCUT2D eigenvalue weighted by molar-refractivity contribution is 0.426. The summed E-state index contributed by atoms with van der Waals surface area (Å²) in [6.07, 6.45) is 0. The number of rotatable bonds is 5. The van der Waals surface area contributed by atoms with Crippen LogP contribution in [-0.4, -0.2) is 17.2 Å². The molecule has 0 spiro atoms. The highest BCUT2D eigenvalue weighted by molar-refractivity contribution is 6.60. The van der Waals surface area contributed by atoms with Crippen LogP contribution >= 0.6 is 0 Å². The van der Waals surface area contributed by atoms with Crippen molar-refractivity contribution in [3.8, 4) is 11.1 Å². The van der Waals surface area contributed by atoms with E-state index in [-0.39, 0.29) is 0 Å². The molecular weight excluding hydrogens is 345 g/mol. The molecule has 0 amide bonds. The van der Waals surface area contributed by atoms with Crippen LogP contribution in [0.2, 0.25) is 0 Å². The SMILES string of the molecule is OB(O)c1ccccc1-c1ccc(N(c2ccccc2)c2ccccc2)cc1. The molecule has 4 heteroatoms. The lowest BCUT2D eigenvalue weighted by atomic mass is 9.75. The van der Waals surface area contributed by atoms with Crippen LogP contribution in [0.4, 0.5) is 17.1 Å². The summed E-state index contributed by atoms with van der Waals surface area (Å²) in [5.41, 5.74) is 5.44. The van der Waals surface area contributed by atoms with Crippen molar-refractivity contribution in [2.75, 3.05) is 4.90 Å². The van der Waals surface area contributed by atoms with E-state index in [0.29, 0.717) is 5.46 Å². The van der Waals surface area contributed by atoms with Crippen molar-refractivity contribution in [2.24, 2.45) is 0 Å². The molecular formula is C24H20BNO2. The predicted molar refractivity (Wildman–Crippen MR) is 116 cm³/mol. The van der Waals surface area contributed by atoms with Gasteiger partial charge in [-0.05, 0) is 53.0 Å². The van der Waals surface area contributed by atoms with Gasteiger partial charge in [0.15, 0.2) is 0 Å². The van der Waals surface area contributed by atoms with Crippen LogP contribution in [0.5, 0.6) is 0 Å². The Morgan fingerprint density at radius 3 is 1.50 bits per heavy atom. The molecule has 0 radical (unpaired) electrons. The molecule has 136 valence electrons. The molecule has 0 bridgehead atoms. The highest BCUT2D eigenvalue weighted by Gasteiger charge is 2.17. The highest BCUT2D eigenvalue weighted by Crippen LogP contribution is 2.34. The molecule has 28 heavy (non-hydrogen) atoms. The molecule has 4 aromatic carbocycles. The van der Waals surface area contributed by atoms with Crippen molar-refractivity contribution in [2.45, 2.75) is 0 Å². The lowest BCUT2D eigenvalue weighted by Gasteiger charge is -2.25. The van der Waals surface area contributed by atoms with E-state index in [9.17, 15) is 10.0 Å². The average Bonchev–Trinajstić information content (AvgIpc) is 2.76. The standard InChI is InChI=1S/C24H20BNO2/c27-25(28)24-14-8-7-13-23(24)19-15-17-22(18-16-19)26(20-9-3-1-4-10-20)21-11-5-2-6-12-21/h1-18,27-28H. The third-order valence-electron chi connectivity index (χ3n) is 4.70. The van der Waals surface area contributed by atoms with Gasteiger partial charge in [0.05, 0.1) is 0 Å². The second-order valence-corrected chi connectivity index (χ2v) is 6.51. The Balaban J connectivity index is 1.76. The van der Waals surface area contributed by atoms with Gasteiger partial charge >= 0.3 is 7.12 Å². The summed E-state index contributed by atoms with van der Waals surface area (Å²) in [6, 6.07) is 35.9. The van der Waals surface area contributed by atoms with E-state index in [1.54, 1.807) is 12.1 Å². The minimum absolute atomic E-state index is 0.498. The summed E-state index contributed by atoms with van der Waals surface area (Å²) in [4.78, 5) is 2.19. The molecule has 0 fully saturated rings. The first kappa shape index (κ1) is 18.0. The number of para-hydroxylation sites is 2. The second-order valence-electron chi connectivity index (χ2n) is 6.51. The Kier molecular flexibility index (Phi) is 5.24. The van der Waals surface area contributed by atoms with E-state index >= 15 is 0 Å². The van der Waals surface area contributed by atoms with Gasteiger partial charge in [-0.1, -0.05) is 72.8 Å². The summed E-state index contributed by atoms with van der Waals surface area (Å²) >= 11 is 0. The molecule has 0 aliphatic carbocycles. The fourth-order valence-corrected chi connectivity index (χ4v) is 3.38. The van der Waals surface area contributed by atoms with E-state index in [2.05, 4.69) is 41.3 Å². The molecule has 0 saturated carbocycles. The van der Waals surface area contributed by atoms with E-state index in [1.807, 2.05) is 60.7 Å². The maximum absolute atomic E-state index is 9.65. The first-order chi connectivity index (χ1) is 13.7. The zero-order chi connectivity index (χ0) is 19.3. The zero-order valence-electron chi connectivity index (χ0n) is 15.3. The van der Waals surface area contributed by atoms with Crippen LogP contribution in [-0.2, 0) is 0 Å². The molecule has 0 aliphatic rings. The molecule has 0 heterocycles. The molecule has 0 saturated heterocycles. The van der Waals surface area contributed by atoms with Gasteiger partial charge in [-0.3, -0.25) is 0 Å². The highest BCUT2D eigenvalue weighted by atomic mass is 16.4. The number of benzene rings is 4. The Hall–Kier alpha value is -3.34. The summed E-state index contributed by atoms with van der Waals surface area (Å²) < 4.78 is 0. The van der Waals surface area contributed by atoms with Crippen LogP contribution in [0.3, 0.4) is 0 Å². The van der Waals surface area contributed by atoms with Crippen molar-refractivity contribution >= 4 is 29.6 Å². The van der Waals surface area contributed by atoms with Gasteiger partial charge in [-0.25, -0.2) is 0 Å². The molecule has 0 unspecified atom stereocenters. The minimum atomic E-state index is -1.50. The summed E-state index contributed by atoms with van der Waals surface area (Å²) in [6.45, 7) is 0. The number of anilines is 3. The summed E-state index contributed by atoms with van der Waals surface area (Å²) in [5.74, 6) is 0. The van der Waals surface area contributed by atoms with Crippen molar-refractivity contribution in [1.29, 1.82) is 0 Å². The van der Waals surface area contributed by atoms with Crippen LogP contribution in [0.1, 0.15) is 0 Å². The van der Waals surface area contributed by atoms with Crippen molar-refractivity contribution in [3.63, 3.8) is 0 Å². The maximum Gasteiger partial charge on any atom is 0.489 e. The molecule has 4 rings (SSSR count). The first-order valence-electron chi connectivity index (χ1n) is 9.20. The van der Waals surface area contributed by atoms with Crippen molar-refractivity contribution in [1.82, 2.24) is 0 Å². The van der Waals surface area contributed by atoms with Crippen molar-refractivity contribution < 1.29 is 10.0 Å². The third-order valence-corrected chi connectivity index (χ3v) is 4.70. The van der Waals surface area contributed by atoms with Gasteiger partial charge < -0.3 is 14.9 Å². The number of hydrogen-bond donors (Lipinski definition) is 2. The van der Waals surface area contributed by atoms with Gasteiger partial charge in [0.25, 0.3) is 0 Å². The second kappa shape index (κ2) is 8.13. The molecule has 2 N–H and O–H groups in total. The third kappa shape index (κ3) is 3.69. The van der Waals surface area contributed by atoms with Gasteiger partial charge in [-0.2, -0.15) is 0 Å². The number of hydrogen-bond acceptors (Lipinski definition) is 3. The zero-order valence-corrected chi connectivity index (χ0v) is 15.3. The van der Waals surface area contributed by atoms with E-state index in [0.717, 1.165) is 28.2 Å². The Morgan fingerprint density at radius 2 is 0.964 bits per heavy atom. The number of nitrogens with zero attached hydrogens (tertiary/aromatic N) is 1. The Bertz CT molecular complexity index is 995. The van der Waals surface area contributed by atoms with Crippen LogP contribution in [0.25, 0.3) is 11.1 Å². The fourth-order valence-electron chi connectivity index (χ4n) is 3.38. The molecule has 0 aromatic heterocycles. The smallest absolute Gasteiger partial charge is 0.423 e. The Labute approximate surface area is 165 Å². The van der Waals surface area contributed by atoms with Gasteiger partial charge in [-0.15, -0.1) is 0 Å². The van der Waals surface area contributed by atoms with E-state index in [1.165, 1.54) is 0 Å². The van der Waals surface area contributed by atoms with Crippen LogP contribution < -0.4 is 10.4 Å². The summed E-state index contributed by atoms with van der Waals surface area (Å²) in [7, 11) is -1.50. The van der Waals surface area contributed by atoms with E-state index < -0.39 is 7.12 Å². The maximum atomic E-state index is 9.65. The molecule has 0 atom stereocenters. The fraction of sp³-hybridized carbons (Fsp3) is 0. The minimum Gasteiger partial charge on any atom is -0.423 e. The molecule has 0 aliphatic heterocycles. The average molecular weight is 365 g/mol. The topological polar surface area (TPSA) is 43.7 Å². The monoisotopic (exact) mass is 365 g/mol. The normalized spacial score (nSPS) is 10.5. The summed E-state index contributed by atoms with van der Waals surface area (Å²) in [5, 5.41) is 19.3. The molecule has 4 aromatic rings. The Morgan fingerprint density at radius 1 is 0.500 bits per heavy atom. The lowest BCUT2D eigenvalue weighted by Crippen LogP contribution is -2.31. The first-order valence-corrected chi connectivity index (χ1v) is 9.20. The van der Waals surface area contributed by atoms with Gasteiger partial charge in [0.2, 0.25) is 0 Å². The largest absolute Gasteiger partial charge is 0.489 e. The predicted octanol–water partition coefficient (Wildman–Crippen LogP) is 4.50. The van der Waals surface area contributed by atoms with Gasteiger partial charge in [0, 0.05) is 17.1 Å². The van der Waals surface area contributed by atoms with Crippen LogP contribution in [0.15, 0.2) is 109 Å². The van der Waals surface area contributed by atoms with Gasteiger partial charge in [0.1, 0.15) is 0 Å². The molecule has 3 nitrogen and oxygen atoms in total. The van der Waals surface area contributed by atoms with Crippen molar-refractivity contribution in [3.05, 3.63) is 109 Å². The van der Waals surface area contributed by atoms with E-state index in [4.69, 9.17) is 0 Å². The quantitative estimate of drug-likeness (QED) is 0.512.